The molecule has 0 aromatic heterocycles. The molecule has 0 spiro atoms. The van der Waals surface area contributed by atoms with E-state index in [1.165, 1.54) is 0 Å². The number of fused-ring (bicyclic) bond motifs is 1. The van der Waals surface area contributed by atoms with Gasteiger partial charge in [-0.05, 0) is 21.8 Å². The Kier molecular flexibility index (Phi) is 3.82. The van der Waals surface area contributed by atoms with Gasteiger partial charge in [0.05, 0.1) is 0 Å². The van der Waals surface area contributed by atoms with Crippen molar-refractivity contribution in [1.29, 1.82) is 0 Å². The average Bonchev–Trinajstić information content (AvgIpc) is 2.43. The summed E-state index contributed by atoms with van der Waals surface area (Å²) in [5.41, 5.74) is 1.14. The monoisotopic (exact) mass is 289 g/mol. The van der Waals surface area contributed by atoms with E-state index in [0.717, 1.165) is 16.3 Å². The fraction of sp³-hybridized carbons (Fsp3) is 0.250. The van der Waals surface area contributed by atoms with Gasteiger partial charge in [-0.2, -0.15) is 0 Å². The highest BCUT2D eigenvalue weighted by Gasteiger charge is 2.26. The Morgan fingerprint density at radius 1 is 1.15 bits per heavy atom. The molecule has 0 aliphatic carbocycles. The van der Waals surface area contributed by atoms with Crippen molar-refractivity contribution in [2.45, 2.75) is 26.2 Å². The first-order valence-electron chi connectivity index (χ1n) is 6.30. The molecule has 20 heavy (non-hydrogen) atoms. The molecular formula is C16H16ClNO2. The van der Waals surface area contributed by atoms with Gasteiger partial charge in [-0.15, -0.1) is 0 Å². The van der Waals surface area contributed by atoms with Crippen molar-refractivity contribution in [1.82, 2.24) is 0 Å². The van der Waals surface area contributed by atoms with Gasteiger partial charge in [-0.1, -0.05) is 73.9 Å². The first kappa shape index (κ1) is 14.5. The van der Waals surface area contributed by atoms with Crippen molar-refractivity contribution < 1.29 is 10.0 Å². The third-order valence-corrected chi connectivity index (χ3v) is 3.45. The van der Waals surface area contributed by atoms with E-state index < -0.39 is 11.0 Å². The molecule has 0 saturated carbocycles. The fourth-order valence-corrected chi connectivity index (χ4v) is 2.53. The minimum Gasteiger partial charge on any atom is -0.410 e. The fourth-order valence-electron chi connectivity index (χ4n) is 2.43. The highest BCUT2D eigenvalue weighted by atomic mass is 35.5. The second-order valence-electron chi connectivity index (χ2n) is 5.68. The summed E-state index contributed by atoms with van der Waals surface area (Å²) in [4.78, 5) is 12.3. The van der Waals surface area contributed by atoms with Gasteiger partial charge >= 0.3 is 0 Å². The minimum absolute atomic E-state index is 0.238. The number of hydrogen-bond acceptors (Lipinski definition) is 3. The Bertz CT molecular complexity index is 699. The van der Waals surface area contributed by atoms with Crippen molar-refractivity contribution in [3.8, 4) is 0 Å². The number of ketones is 1. The molecule has 4 heteroatoms. The van der Waals surface area contributed by atoms with Gasteiger partial charge < -0.3 is 5.21 Å². The topological polar surface area (TPSA) is 49.7 Å². The molecule has 0 saturated heterocycles. The average molecular weight is 290 g/mol. The molecule has 1 N–H and O–H groups in total. The maximum Gasteiger partial charge on any atom is 0.226 e. The van der Waals surface area contributed by atoms with Crippen molar-refractivity contribution >= 4 is 33.3 Å². The van der Waals surface area contributed by atoms with E-state index >= 15 is 0 Å². The van der Waals surface area contributed by atoms with Crippen LogP contribution in [0.4, 0.5) is 0 Å². The largest absolute Gasteiger partial charge is 0.410 e. The summed E-state index contributed by atoms with van der Waals surface area (Å²) >= 11 is 5.67. The van der Waals surface area contributed by atoms with E-state index in [4.69, 9.17) is 16.8 Å². The van der Waals surface area contributed by atoms with Crippen LogP contribution in [-0.2, 0) is 5.41 Å². The zero-order valence-electron chi connectivity index (χ0n) is 11.6. The number of hydrogen-bond donors (Lipinski definition) is 1. The predicted molar refractivity (Wildman–Crippen MR) is 82.1 cm³/mol. The molecule has 104 valence electrons. The van der Waals surface area contributed by atoms with Gasteiger partial charge in [-0.25, -0.2) is 0 Å². The highest BCUT2D eigenvalue weighted by Crippen LogP contribution is 2.33. The summed E-state index contributed by atoms with van der Waals surface area (Å²) in [6, 6.07) is 11.5. The van der Waals surface area contributed by atoms with Gasteiger partial charge in [0.1, 0.15) is 0 Å². The first-order chi connectivity index (χ1) is 9.36. The van der Waals surface area contributed by atoms with Crippen LogP contribution in [0.3, 0.4) is 0 Å². The normalized spacial score (nSPS) is 12.7. The maximum absolute atomic E-state index is 12.3. The van der Waals surface area contributed by atoms with E-state index in [0.29, 0.717) is 5.56 Å². The molecule has 0 aliphatic rings. The third-order valence-electron chi connectivity index (χ3n) is 3.20. The summed E-state index contributed by atoms with van der Waals surface area (Å²) in [5, 5.41) is 13.2. The smallest absolute Gasteiger partial charge is 0.226 e. The lowest BCUT2D eigenvalue weighted by Gasteiger charge is -2.24. The van der Waals surface area contributed by atoms with Crippen LogP contribution in [0.5, 0.6) is 0 Å². The van der Waals surface area contributed by atoms with Crippen molar-refractivity contribution in [3.05, 3.63) is 47.5 Å². The number of rotatable bonds is 2. The Morgan fingerprint density at radius 3 is 2.40 bits per heavy atom. The van der Waals surface area contributed by atoms with Crippen LogP contribution in [-0.4, -0.2) is 16.2 Å². The number of nitrogens with zero attached hydrogens (tertiary/aromatic N) is 1. The van der Waals surface area contributed by atoms with E-state index in [1.54, 1.807) is 6.07 Å². The molecule has 0 atom stereocenters. The first-order valence-corrected chi connectivity index (χ1v) is 6.68. The number of carbonyl (C=O) groups is 1. The van der Waals surface area contributed by atoms with Crippen LogP contribution in [0.2, 0.25) is 0 Å². The summed E-state index contributed by atoms with van der Waals surface area (Å²) in [7, 11) is 0. The highest BCUT2D eigenvalue weighted by molar-refractivity contribution is 6.84. The molecule has 0 radical (unpaired) electrons. The molecule has 0 amide bonds. The van der Waals surface area contributed by atoms with E-state index in [1.807, 2.05) is 51.1 Å². The van der Waals surface area contributed by atoms with Crippen LogP contribution >= 0.6 is 11.6 Å². The van der Waals surface area contributed by atoms with Gasteiger partial charge in [0.15, 0.2) is 0 Å². The summed E-state index contributed by atoms with van der Waals surface area (Å²) in [6.07, 6.45) is 0. The van der Waals surface area contributed by atoms with Crippen LogP contribution in [0.15, 0.2) is 41.6 Å². The van der Waals surface area contributed by atoms with Crippen LogP contribution in [0.25, 0.3) is 10.8 Å². The second-order valence-corrected chi connectivity index (χ2v) is 6.04. The lowest BCUT2D eigenvalue weighted by Crippen LogP contribution is -2.20. The summed E-state index contributed by atoms with van der Waals surface area (Å²) in [6.45, 7) is 6.11. The quantitative estimate of drug-likeness (QED) is 0.387. The number of Topliss-reactive ketones (excluding diaryl/α,β-unsaturated/α-hetero) is 1. The molecular weight excluding hydrogens is 274 g/mol. The molecule has 0 bridgehead atoms. The molecule has 0 fully saturated rings. The van der Waals surface area contributed by atoms with Gasteiger partial charge in [0, 0.05) is 5.56 Å². The minimum atomic E-state index is -0.468. The number of oxime groups is 1. The molecule has 0 heterocycles. The Hall–Kier alpha value is -1.87. The Balaban J connectivity index is 2.82. The SMILES string of the molecule is CC(C)(C)c1c(C(=O)/C(Cl)=N/O)ccc2ccccc12. The third kappa shape index (κ3) is 2.54. The van der Waals surface area contributed by atoms with Gasteiger partial charge in [0.25, 0.3) is 0 Å². The van der Waals surface area contributed by atoms with Crippen LogP contribution in [0, 0.1) is 0 Å². The van der Waals surface area contributed by atoms with Crippen molar-refractivity contribution in [2.75, 3.05) is 0 Å². The zero-order chi connectivity index (χ0) is 14.9. The Labute approximate surface area is 122 Å². The van der Waals surface area contributed by atoms with Crippen LogP contribution in [0.1, 0.15) is 36.7 Å². The molecule has 2 aromatic rings. The second kappa shape index (κ2) is 5.25. The van der Waals surface area contributed by atoms with Gasteiger partial charge in [0.2, 0.25) is 11.0 Å². The van der Waals surface area contributed by atoms with Crippen molar-refractivity contribution in [3.63, 3.8) is 0 Å². The Morgan fingerprint density at radius 2 is 1.80 bits per heavy atom. The van der Waals surface area contributed by atoms with Gasteiger partial charge in [-0.3, -0.25) is 4.79 Å². The van der Waals surface area contributed by atoms with E-state index in [-0.39, 0.29) is 5.41 Å². The number of halogens is 1. The molecule has 0 unspecified atom stereocenters. The molecule has 2 rings (SSSR count). The summed E-state index contributed by atoms with van der Waals surface area (Å²) < 4.78 is 0. The molecule has 3 nitrogen and oxygen atoms in total. The predicted octanol–water partition coefficient (Wildman–Crippen LogP) is 4.35. The zero-order valence-corrected chi connectivity index (χ0v) is 12.4. The standard InChI is InChI=1S/C16H16ClNO2/c1-16(2,3)13-11-7-5-4-6-10(11)8-9-12(13)14(19)15(17)18-20/h4-9,20H,1-3H3/b18-15-. The number of carbonyl (C=O) groups excluding carboxylic acids is 1. The number of benzene rings is 2. The van der Waals surface area contributed by atoms with E-state index in [9.17, 15) is 4.79 Å². The summed E-state index contributed by atoms with van der Waals surface area (Å²) in [5.74, 6) is -0.468. The molecule has 2 aromatic carbocycles. The maximum atomic E-state index is 12.3. The molecule has 0 aliphatic heterocycles. The van der Waals surface area contributed by atoms with E-state index in [2.05, 4.69) is 5.16 Å². The lowest BCUT2D eigenvalue weighted by molar-refractivity contribution is 0.106. The lowest BCUT2D eigenvalue weighted by atomic mass is 9.79. The van der Waals surface area contributed by atoms with Crippen LogP contribution < -0.4 is 0 Å². The van der Waals surface area contributed by atoms with Crippen molar-refractivity contribution in [2.24, 2.45) is 5.16 Å².